The normalized spacial score (nSPS) is 14.3. The molecule has 0 fully saturated rings. The number of para-hydroxylation sites is 2. The fourth-order valence-electron chi connectivity index (χ4n) is 2.59. The smallest absolute Gasteiger partial charge is 0.300 e. The second-order valence-electron chi connectivity index (χ2n) is 5.27. The highest BCUT2D eigenvalue weighted by Gasteiger charge is 2.34. The Morgan fingerprint density at radius 3 is 2.20 bits per heavy atom. The van der Waals surface area contributed by atoms with Gasteiger partial charge in [0.25, 0.3) is 23.4 Å². The topological polar surface area (TPSA) is 83.6 Å². The molecule has 0 spiro atoms. The predicted molar refractivity (Wildman–Crippen MR) is 91.4 cm³/mol. The molecule has 122 valence electrons. The molecule has 2 heterocycles. The van der Waals surface area contributed by atoms with Crippen molar-refractivity contribution in [2.75, 3.05) is 16.8 Å². The van der Waals surface area contributed by atoms with E-state index in [0.717, 1.165) is 0 Å². The first-order valence-electron chi connectivity index (χ1n) is 7.38. The van der Waals surface area contributed by atoms with Crippen LogP contribution in [0.2, 0.25) is 0 Å². The lowest BCUT2D eigenvalue weighted by Gasteiger charge is -2.11. The highest BCUT2D eigenvalue weighted by molar-refractivity contribution is 6.52. The number of nitrogens with one attached hydrogen (secondary N) is 1. The second kappa shape index (κ2) is 6.42. The molecule has 0 saturated carbocycles. The molecular formula is C19H12N2O4. The minimum Gasteiger partial charge on any atom is -0.318 e. The molecule has 6 heteroatoms. The largest absolute Gasteiger partial charge is 0.318 e. The molecule has 2 amide bonds. The molecule has 0 aromatic heterocycles. The van der Waals surface area contributed by atoms with Crippen molar-refractivity contribution >= 4 is 34.8 Å². The van der Waals surface area contributed by atoms with Gasteiger partial charge in [-0.3, -0.25) is 24.1 Å². The van der Waals surface area contributed by atoms with Crippen LogP contribution in [0.1, 0.15) is 20.7 Å². The quantitative estimate of drug-likeness (QED) is 0.636. The van der Waals surface area contributed by atoms with Crippen molar-refractivity contribution in [1.82, 2.24) is 0 Å². The van der Waals surface area contributed by atoms with Gasteiger partial charge in [-0.1, -0.05) is 30.2 Å². The van der Waals surface area contributed by atoms with E-state index in [1.807, 2.05) is 0 Å². The number of nitrogens with zero attached hydrogens (tertiary/aromatic N) is 1. The third-order valence-electron chi connectivity index (χ3n) is 3.75. The number of fused-ring (bicyclic) bond motifs is 2. The van der Waals surface area contributed by atoms with E-state index in [1.165, 1.54) is 4.90 Å². The molecule has 6 nitrogen and oxygen atoms in total. The summed E-state index contributed by atoms with van der Waals surface area (Å²) in [6, 6.07) is 13.7. The minimum atomic E-state index is -0.538. The van der Waals surface area contributed by atoms with Crippen LogP contribution in [-0.4, -0.2) is 29.9 Å². The fourth-order valence-corrected chi connectivity index (χ4v) is 2.59. The predicted octanol–water partition coefficient (Wildman–Crippen LogP) is 1.67. The van der Waals surface area contributed by atoms with Gasteiger partial charge in [-0.2, -0.15) is 0 Å². The fraction of sp³-hybridized carbons (Fsp3) is 0.0526. The lowest BCUT2D eigenvalue weighted by molar-refractivity contribution is -0.114. The number of ketones is 2. The summed E-state index contributed by atoms with van der Waals surface area (Å²) < 4.78 is 0. The number of hydrogen-bond donors (Lipinski definition) is 1. The minimum absolute atomic E-state index is 0.140. The highest BCUT2D eigenvalue weighted by Crippen LogP contribution is 2.27. The first-order chi connectivity index (χ1) is 12.0. The van der Waals surface area contributed by atoms with Gasteiger partial charge in [0.2, 0.25) is 0 Å². The number of carbonyl (C=O) groups is 4. The lowest BCUT2D eigenvalue weighted by atomic mass is 10.1. The van der Waals surface area contributed by atoms with Crippen molar-refractivity contribution in [1.29, 1.82) is 0 Å². The van der Waals surface area contributed by atoms with Crippen molar-refractivity contribution in [2.24, 2.45) is 0 Å². The Morgan fingerprint density at radius 1 is 0.880 bits per heavy atom. The Bertz CT molecular complexity index is 956. The van der Waals surface area contributed by atoms with Gasteiger partial charge in [-0.15, -0.1) is 6.42 Å². The number of Topliss-reactive ketones (excluding diaryl/α,β-unsaturated/α-hetero) is 2. The summed E-state index contributed by atoms with van der Waals surface area (Å²) >= 11 is 0. The summed E-state index contributed by atoms with van der Waals surface area (Å²) in [4.78, 5) is 45.9. The van der Waals surface area contributed by atoms with Gasteiger partial charge in [-0.05, 0) is 24.3 Å². The summed E-state index contributed by atoms with van der Waals surface area (Å²) in [5.41, 5.74) is 2.13. The molecule has 1 N–H and O–H groups in total. The maximum absolute atomic E-state index is 11.4. The zero-order chi connectivity index (χ0) is 18.0. The van der Waals surface area contributed by atoms with Crippen LogP contribution in [0.15, 0.2) is 48.5 Å². The molecule has 2 aromatic rings. The Labute approximate surface area is 143 Å². The zero-order valence-electron chi connectivity index (χ0n) is 13.0. The number of amides is 2. The van der Waals surface area contributed by atoms with Gasteiger partial charge in [0.15, 0.2) is 0 Å². The van der Waals surface area contributed by atoms with Crippen LogP contribution in [0.3, 0.4) is 0 Å². The standard InChI is InChI=1S/C11H7NO2.C8H5NO2/c1-2-7-12-9-6-4-3-5-8(9)10(13)11(12)14;10-7-5-3-1-2-4-6(5)9-8(7)11/h1,3-6H,7H2;1-4H,(H,9,10,11). The molecule has 0 saturated heterocycles. The second-order valence-corrected chi connectivity index (χ2v) is 5.27. The Morgan fingerprint density at radius 2 is 1.52 bits per heavy atom. The Balaban J connectivity index is 0.000000150. The SMILES string of the molecule is C#CCN1C(=O)C(=O)c2ccccc21.O=C1Nc2ccccc2C1=O. The van der Waals surface area contributed by atoms with Crippen LogP contribution in [0, 0.1) is 12.3 Å². The Kier molecular flexibility index (Phi) is 4.14. The van der Waals surface area contributed by atoms with E-state index < -0.39 is 23.4 Å². The summed E-state index contributed by atoms with van der Waals surface area (Å²) in [5.74, 6) is 0.361. The van der Waals surface area contributed by atoms with Crippen molar-refractivity contribution < 1.29 is 19.2 Å². The number of carbonyl (C=O) groups excluding carboxylic acids is 4. The highest BCUT2D eigenvalue weighted by atomic mass is 16.2. The molecule has 0 bridgehead atoms. The molecule has 2 aliphatic heterocycles. The van der Waals surface area contributed by atoms with E-state index in [2.05, 4.69) is 11.2 Å². The molecule has 2 aliphatic rings. The van der Waals surface area contributed by atoms with E-state index in [1.54, 1.807) is 48.5 Å². The van der Waals surface area contributed by atoms with Crippen molar-refractivity contribution in [3.05, 3.63) is 59.7 Å². The number of anilines is 2. The van der Waals surface area contributed by atoms with Gasteiger partial charge in [0.1, 0.15) is 0 Å². The molecule has 2 aromatic carbocycles. The average Bonchev–Trinajstić information content (AvgIpc) is 3.05. The van der Waals surface area contributed by atoms with Gasteiger partial charge >= 0.3 is 0 Å². The molecule has 0 unspecified atom stereocenters. The maximum Gasteiger partial charge on any atom is 0.300 e. The third-order valence-corrected chi connectivity index (χ3v) is 3.75. The van der Waals surface area contributed by atoms with Crippen molar-refractivity contribution in [3.8, 4) is 12.3 Å². The van der Waals surface area contributed by atoms with Crippen LogP contribution in [0.5, 0.6) is 0 Å². The molecule has 0 radical (unpaired) electrons. The average molecular weight is 332 g/mol. The van der Waals surface area contributed by atoms with Crippen molar-refractivity contribution in [3.63, 3.8) is 0 Å². The first kappa shape index (κ1) is 16.1. The van der Waals surface area contributed by atoms with Crippen molar-refractivity contribution in [2.45, 2.75) is 0 Å². The molecular weight excluding hydrogens is 320 g/mol. The molecule has 25 heavy (non-hydrogen) atoms. The Hall–Kier alpha value is -3.72. The zero-order valence-corrected chi connectivity index (χ0v) is 13.0. The van der Waals surface area contributed by atoms with E-state index in [-0.39, 0.29) is 6.54 Å². The summed E-state index contributed by atoms with van der Waals surface area (Å²) in [6.07, 6.45) is 5.12. The maximum atomic E-state index is 11.4. The van der Waals surface area contributed by atoms with E-state index >= 15 is 0 Å². The number of rotatable bonds is 1. The number of hydrogen-bond acceptors (Lipinski definition) is 4. The number of benzene rings is 2. The van der Waals surface area contributed by atoms with Gasteiger partial charge in [0.05, 0.1) is 29.0 Å². The van der Waals surface area contributed by atoms with Crippen LogP contribution < -0.4 is 10.2 Å². The van der Waals surface area contributed by atoms with Crippen LogP contribution >= 0.6 is 0 Å². The third kappa shape index (κ3) is 2.79. The van der Waals surface area contributed by atoms with Gasteiger partial charge in [0, 0.05) is 0 Å². The first-order valence-corrected chi connectivity index (χ1v) is 7.38. The number of terminal acetylenes is 1. The summed E-state index contributed by atoms with van der Waals surface area (Å²) in [5, 5.41) is 2.46. The molecule has 4 rings (SSSR count). The van der Waals surface area contributed by atoms with Crippen LogP contribution in [-0.2, 0) is 9.59 Å². The van der Waals surface area contributed by atoms with Gasteiger partial charge in [-0.25, -0.2) is 0 Å². The van der Waals surface area contributed by atoms with E-state index in [4.69, 9.17) is 6.42 Å². The van der Waals surface area contributed by atoms with Gasteiger partial charge < -0.3 is 5.32 Å². The lowest BCUT2D eigenvalue weighted by Crippen LogP contribution is -2.29. The summed E-state index contributed by atoms with van der Waals surface area (Å²) in [6.45, 7) is 0.140. The molecule has 0 aliphatic carbocycles. The monoisotopic (exact) mass is 332 g/mol. The van der Waals surface area contributed by atoms with Crippen LogP contribution in [0.25, 0.3) is 0 Å². The molecule has 0 atom stereocenters. The summed E-state index contributed by atoms with van der Waals surface area (Å²) in [7, 11) is 0. The van der Waals surface area contributed by atoms with Crippen LogP contribution in [0.4, 0.5) is 11.4 Å². The van der Waals surface area contributed by atoms with E-state index in [9.17, 15) is 19.2 Å². The van der Waals surface area contributed by atoms with E-state index in [0.29, 0.717) is 22.5 Å².